The van der Waals surface area contributed by atoms with Crippen molar-refractivity contribution in [3.8, 4) is 0 Å². The number of hydrogen-bond acceptors (Lipinski definition) is 7. The summed E-state index contributed by atoms with van der Waals surface area (Å²) in [6.45, 7) is 12.7. The maximum atomic E-state index is 5.63. The van der Waals surface area contributed by atoms with Gasteiger partial charge < -0.3 is 30.1 Å². The van der Waals surface area contributed by atoms with E-state index in [1.165, 1.54) is 30.5 Å². The third-order valence-corrected chi connectivity index (χ3v) is 7.56. The van der Waals surface area contributed by atoms with Gasteiger partial charge in [0.15, 0.2) is 5.11 Å². The highest BCUT2D eigenvalue weighted by atomic mass is 32.1. The van der Waals surface area contributed by atoms with Gasteiger partial charge in [-0.05, 0) is 61.0 Å². The molecule has 3 fully saturated rings. The number of nitrogens with zero attached hydrogens (tertiary/aromatic N) is 5. The average molecular weight is 510 g/mol. The normalized spacial score (nSPS) is 22.6. The molecule has 0 amide bonds. The summed E-state index contributed by atoms with van der Waals surface area (Å²) < 4.78 is 5.56. The zero-order chi connectivity index (χ0) is 24.9. The number of rotatable bonds is 6. The first-order chi connectivity index (χ1) is 17.5. The molecule has 8 nitrogen and oxygen atoms in total. The van der Waals surface area contributed by atoms with E-state index in [9.17, 15) is 0 Å². The number of aromatic nitrogens is 2. The molecule has 5 rings (SSSR count). The largest absolute Gasteiger partial charge is 0.378 e. The Morgan fingerprint density at radius 1 is 0.917 bits per heavy atom. The average Bonchev–Trinajstić information content (AvgIpc) is 3.43. The van der Waals surface area contributed by atoms with Crippen LogP contribution in [0, 0.1) is 11.8 Å². The van der Waals surface area contributed by atoms with Crippen LogP contribution in [-0.2, 0) is 11.3 Å². The van der Waals surface area contributed by atoms with Crippen molar-refractivity contribution in [1.29, 1.82) is 0 Å². The molecule has 0 spiro atoms. The molecule has 36 heavy (non-hydrogen) atoms. The van der Waals surface area contributed by atoms with Crippen molar-refractivity contribution in [3.63, 3.8) is 0 Å². The maximum absolute atomic E-state index is 5.63. The highest BCUT2D eigenvalue weighted by molar-refractivity contribution is 7.80. The minimum atomic E-state index is 0.532. The minimum absolute atomic E-state index is 0.532. The Bertz CT molecular complexity index is 1010. The number of hydrogen-bond donors (Lipinski definition) is 2. The lowest BCUT2D eigenvalue weighted by molar-refractivity contribution is 0.122. The third-order valence-electron chi connectivity index (χ3n) is 7.31. The molecule has 0 radical (unpaired) electrons. The van der Waals surface area contributed by atoms with E-state index in [0.29, 0.717) is 29.4 Å². The number of piperidine rings is 1. The Morgan fingerprint density at radius 3 is 2.22 bits per heavy atom. The van der Waals surface area contributed by atoms with Crippen LogP contribution in [0.25, 0.3) is 0 Å². The smallest absolute Gasteiger partial charge is 0.232 e. The molecule has 1 aromatic carbocycles. The molecule has 3 saturated heterocycles. The second kappa shape index (κ2) is 11.6. The fraction of sp³-hybridized carbons (Fsp3) is 0.593. The molecule has 1 aromatic heterocycles. The van der Waals surface area contributed by atoms with Gasteiger partial charge in [-0.25, -0.2) is 0 Å². The first-order valence-electron chi connectivity index (χ1n) is 13.4. The Morgan fingerprint density at radius 2 is 1.56 bits per heavy atom. The Labute approximate surface area is 220 Å². The lowest BCUT2D eigenvalue weighted by Gasteiger charge is -2.36. The summed E-state index contributed by atoms with van der Waals surface area (Å²) in [6.07, 6.45) is 3.83. The lowest BCUT2D eigenvalue weighted by Crippen LogP contribution is -2.40. The van der Waals surface area contributed by atoms with Crippen LogP contribution >= 0.6 is 12.2 Å². The predicted octanol–water partition coefficient (Wildman–Crippen LogP) is 3.88. The molecule has 2 aromatic rings. The van der Waals surface area contributed by atoms with E-state index in [1.54, 1.807) is 0 Å². The van der Waals surface area contributed by atoms with Crippen LogP contribution in [0.1, 0.15) is 38.7 Å². The van der Waals surface area contributed by atoms with Gasteiger partial charge in [0, 0.05) is 57.6 Å². The second-order valence-electron chi connectivity index (χ2n) is 10.5. The van der Waals surface area contributed by atoms with Crippen molar-refractivity contribution < 1.29 is 4.74 Å². The molecule has 9 heteroatoms. The van der Waals surface area contributed by atoms with Crippen LogP contribution in [0.5, 0.6) is 0 Å². The van der Waals surface area contributed by atoms with Gasteiger partial charge in [0.25, 0.3) is 0 Å². The van der Waals surface area contributed by atoms with E-state index in [1.807, 2.05) is 0 Å². The number of morpholine rings is 1. The van der Waals surface area contributed by atoms with Crippen LogP contribution in [0.4, 0.5) is 23.3 Å². The summed E-state index contributed by atoms with van der Waals surface area (Å²) >= 11 is 5.63. The molecule has 0 saturated carbocycles. The van der Waals surface area contributed by atoms with Crippen LogP contribution in [-0.4, -0.2) is 67.6 Å². The summed E-state index contributed by atoms with van der Waals surface area (Å²) in [7, 11) is 0. The maximum Gasteiger partial charge on any atom is 0.232 e. The van der Waals surface area contributed by atoms with Gasteiger partial charge in [-0.15, -0.1) is 0 Å². The summed E-state index contributed by atoms with van der Waals surface area (Å²) in [5.74, 6) is 3.73. The number of benzene rings is 1. The summed E-state index contributed by atoms with van der Waals surface area (Å²) in [5.41, 5.74) is 2.50. The SMILES string of the molecule is CC1CC(C)CN(c2cc(N3CCOCC3)nc(NC(=S)NCc3ccc(N4CCCC4)cc3)n2)C1. The molecular weight excluding hydrogens is 470 g/mol. The number of ether oxygens (including phenoxy) is 1. The van der Waals surface area contributed by atoms with Gasteiger partial charge in [-0.3, -0.25) is 0 Å². The molecule has 2 unspecified atom stereocenters. The molecule has 2 N–H and O–H groups in total. The first kappa shape index (κ1) is 25.0. The van der Waals surface area contributed by atoms with Gasteiger partial charge >= 0.3 is 0 Å². The zero-order valence-corrected chi connectivity index (χ0v) is 22.4. The van der Waals surface area contributed by atoms with E-state index >= 15 is 0 Å². The summed E-state index contributed by atoms with van der Waals surface area (Å²) in [6, 6.07) is 10.9. The Balaban J connectivity index is 1.25. The molecule has 3 aliphatic heterocycles. The number of thiocarbonyl (C=S) groups is 1. The second-order valence-corrected chi connectivity index (χ2v) is 10.9. The van der Waals surface area contributed by atoms with Crippen LogP contribution in [0.15, 0.2) is 30.3 Å². The molecule has 3 aliphatic rings. The number of nitrogens with one attached hydrogen (secondary N) is 2. The summed E-state index contributed by atoms with van der Waals surface area (Å²) in [5, 5.41) is 7.11. The van der Waals surface area contributed by atoms with Crippen molar-refractivity contribution in [2.24, 2.45) is 11.8 Å². The topological polar surface area (TPSA) is 68.8 Å². The van der Waals surface area contributed by atoms with Crippen molar-refractivity contribution in [3.05, 3.63) is 35.9 Å². The van der Waals surface area contributed by atoms with Crippen LogP contribution < -0.4 is 25.3 Å². The molecular formula is C27H39N7OS. The van der Waals surface area contributed by atoms with Crippen molar-refractivity contribution in [1.82, 2.24) is 15.3 Å². The monoisotopic (exact) mass is 509 g/mol. The van der Waals surface area contributed by atoms with E-state index in [0.717, 1.165) is 64.1 Å². The van der Waals surface area contributed by atoms with Crippen LogP contribution in [0.3, 0.4) is 0 Å². The van der Waals surface area contributed by atoms with Gasteiger partial charge in [0.05, 0.1) is 13.2 Å². The predicted molar refractivity (Wildman–Crippen MR) is 151 cm³/mol. The van der Waals surface area contributed by atoms with Crippen LogP contribution in [0.2, 0.25) is 0 Å². The molecule has 0 aliphatic carbocycles. The Kier molecular flexibility index (Phi) is 8.06. The van der Waals surface area contributed by atoms with E-state index in [4.69, 9.17) is 26.9 Å². The van der Waals surface area contributed by atoms with Gasteiger partial charge in [0.1, 0.15) is 11.6 Å². The molecule has 0 bridgehead atoms. The zero-order valence-electron chi connectivity index (χ0n) is 21.6. The van der Waals surface area contributed by atoms with E-state index in [-0.39, 0.29) is 0 Å². The third kappa shape index (κ3) is 6.37. The summed E-state index contributed by atoms with van der Waals surface area (Å²) in [4.78, 5) is 16.8. The molecule has 4 heterocycles. The van der Waals surface area contributed by atoms with E-state index in [2.05, 4.69) is 69.5 Å². The van der Waals surface area contributed by atoms with Gasteiger partial charge in [-0.2, -0.15) is 9.97 Å². The lowest BCUT2D eigenvalue weighted by atomic mass is 9.92. The standard InChI is InChI=1S/C27H39N7OS/c1-20-15-21(2)19-34(18-20)25-16-24(33-11-13-35-14-12-33)29-26(30-25)31-27(36)28-17-22-5-7-23(8-6-22)32-9-3-4-10-32/h5-8,16,20-21H,3-4,9-15,17-19H2,1-2H3,(H2,28,29,30,31,36). The minimum Gasteiger partial charge on any atom is -0.378 e. The van der Waals surface area contributed by atoms with Gasteiger partial charge in [0.2, 0.25) is 5.95 Å². The van der Waals surface area contributed by atoms with Gasteiger partial charge in [-0.1, -0.05) is 26.0 Å². The highest BCUT2D eigenvalue weighted by Crippen LogP contribution is 2.28. The molecule has 194 valence electrons. The fourth-order valence-electron chi connectivity index (χ4n) is 5.57. The Hall–Kier alpha value is -2.65. The van der Waals surface area contributed by atoms with Crippen molar-refractivity contribution >= 4 is 40.6 Å². The van der Waals surface area contributed by atoms with Crippen molar-refractivity contribution in [2.75, 3.05) is 72.5 Å². The van der Waals surface area contributed by atoms with Crippen molar-refractivity contribution in [2.45, 2.75) is 39.7 Å². The quantitative estimate of drug-likeness (QED) is 0.565. The first-order valence-corrected chi connectivity index (χ1v) is 13.8. The van der Waals surface area contributed by atoms with E-state index < -0.39 is 0 Å². The molecule has 2 atom stereocenters. The highest BCUT2D eigenvalue weighted by Gasteiger charge is 2.25. The number of anilines is 4. The fourth-order valence-corrected chi connectivity index (χ4v) is 5.74.